The minimum absolute atomic E-state index is 0.274. The summed E-state index contributed by atoms with van der Waals surface area (Å²) in [6, 6.07) is 20.3. The Morgan fingerprint density at radius 3 is 2.24 bits per heavy atom. The summed E-state index contributed by atoms with van der Waals surface area (Å²) in [5, 5.41) is 9.32. The van der Waals surface area contributed by atoms with Crippen molar-refractivity contribution in [2.75, 3.05) is 24.4 Å². The van der Waals surface area contributed by atoms with Gasteiger partial charge in [-0.3, -0.25) is 14.4 Å². The highest BCUT2D eigenvalue weighted by Gasteiger charge is 2.15. The van der Waals surface area contributed by atoms with Gasteiger partial charge in [0.1, 0.15) is 11.5 Å². The molecule has 3 aromatic rings. The molecule has 0 aliphatic heterocycles. The number of ether oxygens (including phenoxy) is 2. The summed E-state index contributed by atoms with van der Waals surface area (Å²) in [6.07, 6.45) is 1.30. The number of hydrogen-bond donors (Lipinski definition) is 3. The number of hydrazone groups is 1. The van der Waals surface area contributed by atoms with Crippen molar-refractivity contribution in [3.63, 3.8) is 0 Å². The van der Waals surface area contributed by atoms with Crippen molar-refractivity contribution >= 4 is 46.9 Å². The Morgan fingerprint density at radius 1 is 0.853 bits per heavy atom. The molecule has 10 heteroatoms. The van der Waals surface area contributed by atoms with E-state index in [9.17, 15) is 14.4 Å². The predicted molar refractivity (Wildman–Crippen MR) is 129 cm³/mol. The fourth-order valence-electron chi connectivity index (χ4n) is 2.75. The van der Waals surface area contributed by atoms with Gasteiger partial charge in [-0.05, 0) is 36.4 Å². The number of halogens is 1. The zero-order valence-electron chi connectivity index (χ0n) is 18.1. The summed E-state index contributed by atoms with van der Waals surface area (Å²) in [4.78, 5) is 36.4. The minimum atomic E-state index is -0.973. The Morgan fingerprint density at radius 2 is 1.50 bits per heavy atom. The van der Waals surface area contributed by atoms with E-state index in [4.69, 9.17) is 21.1 Å². The van der Waals surface area contributed by atoms with Crippen molar-refractivity contribution < 1.29 is 23.9 Å². The first-order chi connectivity index (χ1) is 16.5. The largest absolute Gasteiger partial charge is 0.495 e. The third-order valence-electron chi connectivity index (χ3n) is 4.36. The van der Waals surface area contributed by atoms with Crippen LogP contribution in [0.25, 0.3) is 0 Å². The van der Waals surface area contributed by atoms with Gasteiger partial charge in [0.15, 0.2) is 6.61 Å². The fourth-order valence-corrected chi connectivity index (χ4v) is 2.93. The lowest BCUT2D eigenvalue weighted by Crippen LogP contribution is -2.32. The average Bonchev–Trinajstić information content (AvgIpc) is 2.85. The molecule has 0 fully saturated rings. The maximum atomic E-state index is 12.2. The van der Waals surface area contributed by atoms with Crippen LogP contribution >= 0.6 is 11.6 Å². The molecule has 0 aromatic heterocycles. The molecule has 0 atom stereocenters. The van der Waals surface area contributed by atoms with Crippen molar-refractivity contribution in [2.45, 2.75) is 0 Å². The highest BCUT2D eigenvalue weighted by molar-refractivity contribution is 6.39. The molecule has 3 rings (SSSR count). The second-order valence-corrected chi connectivity index (χ2v) is 7.12. The Hall–Kier alpha value is -4.37. The van der Waals surface area contributed by atoms with E-state index in [1.54, 1.807) is 72.8 Å². The van der Waals surface area contributed by atoms with E-state index in [1.807, 2.05) is 0 Å². The van der Waals surface area contributed by atoms with Crippen LogP contribution in [0.5, 0.6) is 11.5 Å². The van der Waals surface area contributed by atoms with Gasteiger partial charge in [0.25, 0.3) is 5.91 Å². The predicted octanol–water partition coefficient (Wildman–Crippen LogP) is 3.45. The monoisotopic (exact) mass is 480 g/mol. The number of anilines is 2. The van der Waals surface area contributed by atoms with E-state index in [-0.39, 0.29) is 6.61 Å². The second-order valence-electron chi connectivity index (χ2n) is 6.71. The maximum Gasteiger partial charge on any atom is 0.329 e. The molecule has 0 unspecified atom stereocenters. The van der Waals surface area contributed by atoms with Gasteiger partial charge in [-0.25, -0.2) is 5.43 Å². The van der Waals surface area contributed by atoms with Crippen molar-refractivity contribution in [2.24, 2.45) is 5.10 Å². The first-order valence-corrected chi connectivity index (χ1v) is 10.4. The number of rotatable bonds is 8. The molecule has 0 bridgehead atoms. The van der Waals surface area contributed by atoms with E-state index in [0.717, 1.165) is 0 Å². The first kappa shape index (κ1) is 24.3. The quantitative estimate of drug-likeness (QED) is 0.259. The lowest BCUT2D eigenvalue weighted by molar-refractivity contribution is -0.136. The van der Waals surface area contributed by atoms with Gasteiger partial charge < -0.3 is 20.1 Å². The normalized spacial score (nSPS) is 10.4. The minimum Gasteiger partial charge on any atom is -0.495 e. The molecular weight excluding hydrogens is 460 g/mol. The van der Waals surface area contributed by atoms with Crippen LogP contribution in [0.2, 0.25) is 5.02 Å². The average molecular weight is 481 g/mol. The molecule has 9 nitrogen and oxygen atoms in total. The zero-order valence-corrected chi connectivity index (χ0v) is 18.8. The van der Waals surface area contributed by atoms with Crippen LogP contribution in [0, 0.1) is 0 Å². The molecule has 0 spiro atoms. The third kappa shape index (κ3) is 6.81. The van der Waals surface area contributed by atoms with Crippen molar-refractivity contribution in [3.8, 4) is 11.5 Å². The molecule has 0 aliphatic rings. The number of hydrogen-bond acceptors (Lipinski definition) is 6. The molecule has 0 radical (unpaired) electrons. The summed E-state index contributed by atoms with van der Waals surface area (Å²) >= 11 is 6.03. The van der Waals surface area contributed by atoms with E-state index >= 15 is 0 Å². The number of nitrogens with one attached hydrogen (secondary N) is 3. The van der Waals surface area contributed by atoms with Gasteiger partial charge in [0.2, 0.25) is 0 Å². The molecular formula is C24H21ClN4O5. The number of nitrogens with zero attached hydrogens (tertiary/aromatic N) is 1. The summed E-state index contributed by atoms with van der Waals surface area (Å²) < 4.78 is 10.7. The van der Waals surface area contributed by atoms with Crippen LogP contribution in [-0.2, 0) is 14.4 Å². The van der Waals surface area contributed by atoms with Crippen molar-refractivity contribution in [3.05, 3.63) is 83.4 Å². The second kappa shape index (κ2) is 12.0. The lowest BCUT2D eigenvalue weighted by atomic mass is 10.2. The molecule has 0 heterocycles. The number of benzene rings is 3. The highest BCUT2D eigenvalue weighted by atomic mass is 35.5. The van der Waals surface area contributed by atoms with Crippen LogP contribution in [0.3, 0.4) is 0 Å². The fraction of sp³-hybridized carbons (Fsp3) is 0.0833. The molecule has 0 saturated carbocycles. The van der Waals surface area contributed by atoms with Crippen LogP contribution in [0.4, 0.5) is 11.4 Å². The number of carbonyl (C=O) groups excluding carboxylic acids is 3. The van der Waals surface area contributed by atoms with Gasteiger partial charge in [0.05, 0.1) is 29.7 Å². The van der Waals surface area contributed by atoms with Crippen molar-refractivity contribution in [1.82, 2.24) is 5.43 Å². The van der Waals surface area contributed by atoms with Gasteiger partial charge >= 0.3 is 11.8 Å². The highest BCUT2D eigenvalue weighted by Crippen LogP contribution is 2.23. The SMILES string of the molecule is COc1ccccc1NC(=O)C(=O)N/N=C\c1ccccc1OCC(=O)Nc1ccccc1Cl. The Labute approximate surface area is 200 Å². The smallest absolute Gasteiger partial charge is 0.329 e. The summed E-state index contributed by atoms with van der Waals surface area (Å²) in [5.41, 5.74) is 3.46. The Kier molecular flexibility index (Phi) is 8.59. The molecule has 3 amide bonds. The van der Waals surface area contributed by atoms with Crippen LogP contribution in [0.1, 0.15) is 5.56 Å². The van der Waals surface area contributed by atoms with Gasteiger partial charge in [-0.15, -0.1) is 0 Å². The summed E-state index contributed by atoms with van der Waals surface area (Å²) in [7, 11) is 1.45. The summed E-state index contributed by atoms with van der Waals surface area (Å²) in [6.45, 7) is -0.274. The van der Waals surface area contributed by atoms with Gasteiger partial charge in [-0.2, -0.15) is 5.10 Å². The maximum absolute atomic E-state index is 12.2. The van der Waals surface area contributed by atoms with Crippen LogP contribution in [-0.4, -0.2) is 37.7 Å². The Bertz CT molecular complexity index is 1220. The number of carbonyl (C=O) groups is 3. The third-order valence-corrected chi connectivity index (χ3v) is 4.69. The van der Waals surface area contributed by atoms with Crippen molar-refractivity contribution in [1.29, 1.82) is 0 Å². The van der Waals surface area contributed by atoms with Gasteiger partial charge in [0, 0.05) is 5.56 Å². The molecule has 34 heavy (non-hydrogen) atoms. The first-order valence-electron chi connectivity index (χ1n) is 10.0. The van der Waals surface area contributed by atoms with E-state index in [1.165, 1.54) is 13.3 Å². The molecule has 0 saturated heterocycles. The Balaban J connectivity index is 1.55. The zero-order chi connectivity index (χ0) is 24.3. The van der Waals surface area contributed by atoms with E-state index in [2.05, 4.69) is 21.2 Å². The molecule has 0 aliphatic carbocycles. The van der Waals surface area contributed by atoms with E-state index in [0.29, 0.717) is 33.5 Å². The standard InChI is InChI=1S/C24H21ClN4O5/c1-33-21-13-7-5-11-19(21)28-23(31)24(32)29-26-14-16-8-2-6-12-20(16)34-15-22(30)27-18-10-4-3-9-17(18)25/h2-14H,15H2,1H3,(H,27,30)(H,28,31)(H,29,32)/b26-14-. The molecule has 3 aromatic carbocycles. The number of para-hydroxylation sites is 4. The summed E-state index contributed by atoms with van der Waals surface area (Å²) in [5.74, 6) is -1.52. The van der Waals surface area contributed by atoms with Gasteiger partial charge in [-0.1, -0.05) is 48.0 Å². The van der Waals surface area contributed by atoms with Crippen LogP contribution in [0.15, 0.2) is 77.9 Å². The molecule has 3 N–H and O–H groups in total. The number of amides is 3. The lowest BCUT2D eigenvalue weighted by Gasteiger charge is -2.10. The topological polar surface area (TPSA) is 118 Å². The molecule has 174 valence electrons. The van der Waals surface area contributed by atoms with E-state index < -0.39 is 17.7 Å². The van der Waals surface area contributed by atoms with Crippen LogP contribution < -0.4 is 25.5 Å². The number of methoxy groups -OCH3 is 1.